The van der Waals surface area contributed by atoms with Crippen LogP contribution in [0.2, 0.25) is 0 Å². The fourth-order valence-electron chi connectivity index (χ4n) is 1.26. The summed E-state index contributed by atoms with van der Waals surface area (Å²) in [7, 11) is -4.14. The first-order valence-electron chi connectivity index (χ1n) is 5.21. The van der Waals surface area contributed by atoms with Crippen molar-refractivity contribution in [3.8, 4) is 5.75 Å². The molecule has 0 N–H and O–H groups in total. The normalized spacial score (nSPS) is 10.6. The Bertz CT molecular complexity index is 479. The van der Waals surface area contributed by atoms with Crippen molar-refractivity contribution in [3.63, 3.8) is 0 Å². The van der Waals surface area contributed by atoms with Crippen LogP contribution in [-0.2, 0) is 10.1 Å². The quantitative estimate of drug-likeness (QED) is 0.382. The van der Waals surface area contributed by atoms with Crippen molar-refractivity contribution in [1.82, 2.24) is 0 Å². The number of rotatable bonds is 6. The van der Waals surface area contributed by atoms with Gasteiger partial charge in [-0.1, -0.05) is 24.3 Å². The van der Waals surface area contributed by atoms with Gasteiger partial charge in [0.1, 0.15) is 5.75 Å². The van der Waals surface area contributed by atoms with E-state index < -0.39 is 15.9 Å². The van der Waals surface area contributed by atoms with E-state index in [9.17, 15) is 13.0 Å². The Morgan fingerprint density at radius 3 is 2.33 bits per heavy atom. The molecular formula is C12H15NaO4S. The molecule has 0 saturated carbocycles. The van der Waals surface area contributed by atoms with Gasteiger partial charge in [-0.25, -0.2) is 8.42 Å². The molecule has 1 aromatic carbocycles. The van der Waals surface area contributed by atoms with E-state index in [-0.39, 0.29) is 42.6 Å². The van der Waals surface area contributed by atoms with Crippen molar-refractivity contribution >= 4 is 15.7 Å². The largest absolute Gasteiger partial charge is 1.00 e. The van der Waals surface area contributed by atoms with E-state index in [0.717, 1.165) is 11.1 Å². The SMILES string of the molecule is C=C(C)c1ccc(OCCCS(=O)(=O)[O-])cc1.[Na+]. The molecule has 0 aliphatic carbocycles. The summed E-state index contributed by atoms with van der Waals surface area (Å²) in [5, 5.41) is 0. The molecule has 0 fully saturated rings. The standard InChI is InChI=1S/C12H16O4S.Na/c1-10(2)11-4-6-12(7-5-11)16-8-3-9-17(13,14)15;/h4-7H,1,3,8-9H2,2H3,(H,13,14,15);/q;+1/p-1. The fourth-order valence-corrected chi connectivity index (χ4v) is 1.73. The summed E-state index contributed by atoms with van der Waals surface area (Å²) in [5.74, 6) is 0.259. The van der Waals surface area contributed by atoms with E-state index in [2.05, 4.69) is 6.58 Å². The van der Waals surface area contributed by atoms with Gasteiger partial charge >= 0.3 is 29.6 Å². The van der Waals surface area contributed by atoms with E-state index in [1.807, 2.05) is 19.1 Å². The predicted octanol–water partition coefficient (Wildman–Crippen LogP) is -0.962. The van der Waals surface area contributed by atoms with Crippen LogP contribution in [0.5, 0.6) is 5.75 Å². The zero-order chi connectivity index (χ0) is 12.9. The molecular weight excluding hydrogens is 263 g/mol. The first kappa shape index (κ1) is 17.7. The van der Waals surface area contributed by atoms with E-state index in [1.54, 1.807) is 12.1 Å². The van der Waals surface area contributed by atoms with Gasteiger partial charge in [-0.05, 0) is 31.0 Å². The third-order valence-corrected chi connectivity index (χ3v) is 2.94. The topological polar surface area (TPSA) is 66.4 Å². The van der Waals surface area contributed by atoms with Crippen LogP contribution in [0.1, 0.15) is 18.9 Å². The summed E-state index contributed by atoms with van der Waals surface area (Å²) >= 11 is 0. The molecule has 0 bridgehead atoms. The van der Waals surface area contributed by atoms with Crippen molar-refractivity contribution in [2.24, 2.45) is 0 Å². The van der Waals surface area contributed by atoms with Crippen LogP contribution in [0.25, 0.3) is 5.57 Å². The van der Waals surface area contributed by atoms with E-state index in [1.165, 1.54) is 0 Å². The van der Waals surface area contributed by atoms with Crippen LogP contribution in [0.4, 0.5) is 0 Å². The summed E-state index contributed by atoms with van der Waals surface area (Å²) in [6.07, 6.45) is 0.202. The Hall–Kier alpha value is -0.330. The van der Waals surface area contributed by atoms with Gasteiger partial charge in [0.05, 0.1) is 16.7 Å². The van der Waals surface area contributed by atoms with Gasteiger partial charge < -0.3 is 9.29 Å². The van der Waals surface area contributed by atoms with Gasteiger partial charge in [-0.15, -0.1) is 0 Å². The number of benzene rings is 1. The summed E-state index contributed by atoms with van der Waals surface area (Å²) in [6, 6.07) is 7.33. The second kappa shape index (κ2) is 7.96. The summed E-state index contributed by atoms with van der Waals surface area (Å²) in [5.41, 5.74) is 1.99. The smallest absolute Gasteiger partial charge is 0.748 e. The molecule has 0 saturated heterocycles. The molecule has 0 heterocycles. The van der Waals surface area contributed by atoms with Gasteiger partial charge in [0.25, 0.3) is 0 Å². The van der Waals surface area contributed by atoms with Gasteiger partial charge in [0.2, 0.25) is 0 Å². The zero-order valence-corrected chi connectivity index (χ0v) is 13.5. The third kappa shape index (κ3) is 7.18. The minimum Gasteiger partial charge on any atom is -0.748 e. The molecule has 4 nitrogen and oxygen atoms in total. The number of allylic oxidation sites excluding steroid dienone is 1. The van der Waals surface area contributed by atoms with Crippen molar-refractivity contribution in [2.45, 2.75) is 13.3 Å². The maximum absolute atomic E-state index is 10.3. The van der Waals surface area contributed by atoms with Gasteiger partial charge in [0.15, 0.2) is 0 Å². The zero-order valence-electron chi connectivity index (χ0n) is 10.7. The molecule has 0 amide bonds. The summed E-state index contributed by atoms with van der Waals surface area (Å²) in [6.45, 7) is 5.94. The molecule has 0 radical (unpaired) electrons. The first-order chi connectivity index (χ1) is 7.88. The minimum atomic E-state index is -4.14. The molecule has 0 spiro atoms. The van der Waals surface area contributed by atoms with Crippen LogP contribution in [0.3, 0.4) is 0 Å². The molecule has 0 atom stereocenters. The van der Waals surface area contributed by atoms with Gasteiger partial charge in [0, 0.05) is 5.75 Å². The van der Waals surface area contributed by atoms with Gasteiger partial charge in [-0.3, -0.25) is 0 Å². The Morgan fingerprint density at radius 2 is 1.89 bits per heavy atom. The van der Waals surface area contributed by atoms with Crippen molar-refractivity contribution < 1.29 is 47.3 Å². The third-order valence-electron chi connectivity index (χ3n) is 2.15. The Kier molecular flexibility index (Phi) is 7.82. The average molecular weight is 278 g/mol. The number of hydrogen-bond donors (Lipinski definition) is 0. The molecule has 0 aliphatic rings. The molecule has 18 heavy (non-hydrogen) atoms. The predicted molar refractivity (Wildman–Crippen MR) is 65.8 cm³/mol. The molecule has 1 aromatic rings. The fraction of sp³-hybridized carbons (Fsp3) is 0.333. The van der Waals surface area contributed by atoms with Crippen LogP contribution >= 0.6 is 0 Å². The number of ether oxygens (including phenoxy) is 1. The summed E-state index contributed by atoms with van der Waals surface area (Å²) in [4.78, 5) is 0. The van der Waals surface area contributed by atoms with Crippen LogP contribution < -0.4 is 34.3 Å². The van der Waals surface area contributed by atoms with E-state index >= 15 is 0 Å². The van der Waals surface area contributed by atoms with Crippen LogP contribution in [0.15, 0.2) is 30.8 Å². The first-order valence-corrected chi connectivity index (χ1v) is 6.78. The molecule has 94 valence electrons. The van der Waals surface area contributed by atoms with Crippen molar-refractivity contribution in [3.05, 3.63) is 36.4 Å². The summed E-state index contributed by atoms with van der Waals surface area (Å²) < 4.78 is 36.3. The second-order valence-corrected chi connectivity index (χ2v) is 5.29. The molecule has 0 aromatic heterocycles. The van der Waals surface area contributed by atoms with Crippen LogP contribution in [0, 0.1) is 0 Å². The van der Waals surface area contributed by atoms with E-state index in [4.69, 9.17) is 4.74 Å². The molecule has 0 unspecified atom stereocenters. The second-order valence-electron chi connectivity index (χ2n) is 3.77. The van der Waals surface area contributed by atoms with Crippen molar-refractivity contribution in [2.75, 3.05) is 12.4 Å². The average Bonchev–Trinajstić information content (AvgIpc) is 2.24. The Balaban J connectivity index is 0.00000289. The van der Waals surface area contributed by atoms with Crippen LogP contribution in [-0.4, -0.2) is 25.3 Å². The molecule has 1 rings (SSSR count). The van der Waals surface area contributed by atoms with E-state index in [0.29, 0.717) is 5.75 Å². The Morgan fingerprint density at radius 1 is 1.33 bits per heavy atom. The molecule has 6 heteroatoms. The van der Waals surface area contributed by atoms with Gasteiger partial charge in [-0.2, -0.15) is 0 Å². The Labute approximate surface area is 130 Å². The maximum atomic E-state index is 10.3. The molecule has 0 aliphatic heterocycles. The minimum absolute atomic E-state index is 0. The monoisotopic (exact) mass is 278 g/mol. The number of hydrogen-bond acceptors (Lipinski definition) is 4. The maximum Gasteiger partial charge on any atom is 1.00 e. The van der Waals surface area contributed by atoms with Crippen molar-refractivity contribution in [1.29, 1.82) is 0 Å².